The summed E-state index contributed by atoms with van der Waals surface area (Å²) in [7, 11) is 0. The van der Waals surface area contributed by atoms with E-state index < -0.39 is 5.69 Å². The van der Waals surface area contributed by atoms with Crippen LogP contribution in [0.3, 0.4) is 0 Å². The van der Waals surface area contributed by atoms with Gasteiger partial charge in [0.15, 0.2) is 5.82 Å². The summed E-state index contributed by atoms with van der Waals surface area (Å²) in [5.41, 5.74) is -0.0934. The van der Waals surface area contributed by atoms with Gasteiger partial charge >= 0.3 is 11.7 Å². The van der Waals surface area contributed by atoms with Crippen molar-refractivity contribution in [2.24, 2.45) is 0 Å². The summed E-state index contributed by atoms with van der Waals surface area (Å²) in [6.45, 7) is 1.57. The summed E-state index contributed by atoms with van der Waals surface area (Å²) >= 11 is 3.31. The summed E-state index contributed by atoms with van der Waals surface area (Å²) in [5, 5.41) is 12.6. The van der Waals surface area contributed by atoms with Crippen LogP contribution in [0.2, 0.25) is 0 Å². The standard InChI is InChI=1S/C15H16BrN3O5/c1-10(20)24-7-6-23-9-19-8-11(16)14(18-15(19)22)17-12-4-2-3-5-13(12)21/h2-5,8,21H,6-7,9H2,1H3,(H,17,18,22). The Bertz CT molecular complexity index is 778. The van der Waals surface area contributed by atoms with Crippen molar-refractivity contribution in [3.05, 3.63) is 45.4 Å². The first-order valence-corrected chi connectivity index (χ1v) is 7.80. The number of para-hydroxylation sites is 2. The molecule has 2 aromatic rings. The van der Waals surface area contributed by atoms with E-state index >= 15 is 0 Å². The zero-order valence-electron chi connectivity index (χ0n) is 12.9. The van der Waals surface area contributed by atoms with Crippen LogP contribution >= 0.6 is 15.9 Å². The molecule has 0 saturated carbocycles. The van der Waals surface area contributed by atoms with E-state index in [0.29, 0.717) is 10.2 Å². The molecule has 0 spiro atoms. The molecular formula is C15H16BrN3O5. The average molecular weight is 398 g/mol. The molecule has 9 heteroatoms. The van der Waals surface area contributed by atoms with Crippen LogP contribution in [0.5, 0.6) is 5.75 Å². The first-order valence-electron chi connectivity index (χ1n) is 7.00. The van der Waals surface area contributed by atoms with Crippen LogP contribution < -0.4 is 11.0 Å². The van der Waals surface area contributed by atoms with Gasteiger partial charge in [-0.05, 0) is 28.1 Å². The Hall–Kier alpha value is -2.39. The second kappa shape index (κ2) is 8.46. The number of benzene rings is 1. The van der Waals surface area contributed by atoms with Crippen molar-refractivity contribution in [1.82, 2.24) is 9.55 Å². The van der Waals surface area contributed by atoms with Gasteiger partial charge in [-0.2, -0.15) is 4.98 Å². The number of hydrogen-bond acceptors (Lipinski definition) is 7. The lowest BCUT2D eigenvalue weighted by Crippen LogP contribution is -2.25. The molecule has 1 aromatic carbocycles. The number of aromatic nitrogens is 2. The van der Waals surface area contributed by atoms with Gasteiger partial charge in [-0.25, -0.2) is 4.79 Å². The number of halogens is 1. The summed E-state index contributed by atoms with van der Waals surface area (Å²) in [5.74, 6) is -0.0679. The largest absolute Gasteiger partial charge is 0.506 e. The molecule has 128 valence electrons. The Balaban J connectivity index is 2.02. The van der Waals surface area contributed by atoms with Crippen molar-refractivity contribution in [2.75, 3.05) is 18.5 Å². The molecule has 0 saturated heterocycles. The van der Waals surface area contributed by atoms with Gasteiger partial charge in [0.2, 0.25) is 0 Å². The number of anilines is 2. The molecule has 0 bridgehead atoms. The molecule has 2 rings (SSSR count). The highest BCUT2D eigenvalue weighted by molar-refractivity contribution is 9.10. The predicted octanol–water partition coefficient (Wildman–Crippen LogP) is 1.99. The van der Waals surface area contributed by atoms with E-state index in [0.717, 1.165) is 0 Å². The molecule has 1 aromatic heterocycles. The number of esters is 1. The molecule has 0 atom stereocenters. The van der Waals surface area contributed by atoms with Crippen LogP contribution in [0.25, 0.3) is 0 Å². The number of phenols is 1. The van der Waals surface area contributed by atoms with E-state index in [1.54, 1.807) is 18.2 Å². The highest BCUT2D eigenvalue weighted by Crippen LogP contribution is 2.27. The van der Waals surface area contributed by atoms with Crippen molar-refractivity contribution in [3.63, 3.8) is 0 Å². The maximum Gasteiger partial charge on any atom is 0.351 e. The highest BCUT2D eigenvalue weighted by atomic mass is 79.9. The number of phenolic OH excluding ortho intramolecular Hbond substituents is 1. The molecule has 24 heavy (non-hydrogen) atoms. The summed E-state index contributed by atoms with van der Waals surface area (Å²) in [6, 6.07) is 6.61. The molecule has 0 fully saturated rings. The molecule has 0 amide bonds. The van der Waals surface area contributed by atoms with Crippen LogP contribution in [-0.2, 0) is 21.0 Å². The van der Waals surface area contributed by atoms with Crippen molar-refractivity contribution in [1.29, 1.82) is 0 Å². The maximum atomic E-state index is 12.0. The fourth-order valence-corrected chi connectivity index (χ4v) is 2.20. The van der Waals surface area contributed by atoms with Gasteiger partial charge in [-0.3, -0.25) is 9.36 Å². The smallest absolute Gasteiger partial charge is 0.351 e. The number of ether oxygens (including phenoxy) is 2. The van der Waals surface area contributed by atoms with Crippen LogP contribution in [0.1, 0.15) is 6.92 Å². The molecule has 0 radical (unpaired) electrons. The molecule has 1 heterocycles. The monoisotopic (exact) mass is 397 g/mol. The number of aromatic hydroxyl groups is 1. The molecule has 8 nitrogen and oxygen atoms in total. The summed E-state index contributed by atoms with van der Waals surface area (Å²) in [6.07, 6.45) is 1.52. The minimum absolute atomic E-state index is 0.0252. The van der Waals surface area contributed by atoms with Gasteiger partial charge in [0.1, 0.15) is 19.1 Å². The molecule has 2 N–H and O–H groups in total. The van der Waals surface area contributed by atoms with Gasteiger partial charge in [-0.15, -0.1) is 0 Å². The van der Waals surface area contributed by atoms with Gasteiger partial charge in [0.05, 0.1) is 16.8 Å². The fraction of sp³-hybridized carbons (Fsp3) is 0.267. The van der Waals surface area contributed by atoms with Crippen molar-refractivity contribution in [2.45, 2.75) is 13.7 Å². The van der Waals surface area contributed by atoms with Crippen LogP contribution in [0.4, 0.5) is 11.5 Å². The molecule has 0 aliphatic rings. The van der Waals surface area contributed by atoms with Crippen molar-refractivity contribution in [3.8, 4) is 5.75 Å². The number of hydrogen-bond donors (Lipinski definition) is 2. The third-order valence-electron chi connectivity index (χ3n) is 2.87. The van der Waals surface area contributed by atoms with Gasteiger partial charge in [0.25, 0.3) is 0 Å². The second-order valence-corrected chi connectivity index (χ2v) is 5.56. The van der Waals surface area contributed by atoms with Crippen LogP contribution in [0, 0.1) is 0 Å². The number of carbonyl (C=O) groups is 1. The lowest BCUT2D eigenvalue weighted by molar-refractivity contribution is -0.142. The zero-order chi connectivity index (χ0) is 17.5. The lowest BCUT2D eigenvalue weighted by Gasteiger charge is -2.11. The first kappa shape index (κ1) is 18.0. The lowest BCUT2D eigenvalue weighted by atomic mass is 10.3. The number of rotatable bonds is 7. The number of nitrogens with zero attached hydrogens (tertiary/aromatic N) is 2. The Labute approximate surface area is 146 Å². The Kier molecular flexibility index (Phi) is 6.33. The molecule has 0 aliphatic carbocycles. The van der Waals surface area contributed by atoms with E-state index in [1.807, 2.05) is 0 Å². The first-order chi connectivity index (χ1) is 11.5. The number of carbonyl (C=O) groups excluding carboxylic acids is 1. The van der Waals surface area contributed by atoms with E-state index in [-0.39, 0.29) is 37.5 Å². The second-order valence-electron chi connectivity index (χ2n) is 4.71. The van der Waals surface area contributed by atoms with Gasteiger partial charge in [-0.1, -0.05) is 12.1 Å². The minimum Gasteiger partial charge on any atom is -0.506 e. The molecule has 0 aliphatic heterocycles. The normalized spacial score (nSPS) is 10.4. The quantitative estimate of drug-likeness (QED) is 0.418. The van der Waals surface area contributed by atoms with E-state index in [9.17, 15) is 14.7 Å². The molecule has 0 unspecified atom stereocenters. The van der Waals surface area contributed by atoms with E-state index in [1.165, 1.54) is 23.8 Å². The third-order valence-corrected chi connectivity index (χ3v) is 3.45. The maximum absolute atomic E-state index is 12.0. The SMILES string of the molecule is CC(=O)OCCOCn1cc(Br)c(Nc2ccccc2O)nc1=O. The Morgan fingerprint density at radius 1 is 1.38 bits per heavy atom. The average Bonchev–Trinajstić information content (AvgIpc) is 2.53. The van der Waals surface area contributed by atoms with Gasteiger partial charge < -0.3 is 19.9 Å². The van der Waals surface area contributed by atoms with Crippen molar-refractivity contribution >= 4 is 33.4 Å². The van der Waals surface area contributed by atoms with E-state index in [2.05, 4.69) is 26.2 Å². The number of nitrogens with one attached hydrogen (secondary N) is 1. The fourth-order valence-electron chi connectivity index (χ4n) is 1.76. The zero-order valence-corrected chi connectivity index (χ0v) is 14.4. The summed E-state index contributed by atoms with van der Waals surface area (Å²) < 4.78 is 11.7. The Morgan fingerprint density at radius 3 is 2.83 bits per heavy atom. The summed E-state index contributed by atoms with van der Waals surface area (Å²) in [4.78, 5) is 26.5. The van der Waals surface area contributed by atoms with E-state index in [4.69, 9.17) is 9.47 Å². The van der Waals surface area contributed by atoms with Gasteiger partial charge in [0, 0.05) is 13.1 Å². The Morgan fingerprint density at radius 2 is 2.12 bits per heavy atom. The van der Waals surface area contributed by atoms with Crippen molar-refractivity contribution < 1.29 is 19.4 Å². The minimum atomic E-state index is -0.524. The van der Waals surface area contributed by atoms with Crippen LogP contribution in [-0.4, -0.2) is 33.8 Å². The topological polar surface area (TPSA) is 103 Å². The predicted molar refractivity (Wildman–Crippen MR) is 90.2 cm³/mol. The van der Waals surface area contributed by atoms with Crippen LogP contribution in [0.15, 0.2) is 39.7 Å². The highest BCUT2D eigenvalue weighted by Gasteiger charge is 2.09. The third kappa shape index (κ3) is 5.07. The molecular weight excluding hydrogens is 382 g/mol.